The molecule has 3 rings (SSSR count). The van der Waals surface area contributed by atoms with Gasteiger partial charge in [0.2, 0.25) is 0 Å². The summed E-state index contributed by atoms with van der Waals surface area (Å²) >= 11 is 0. The number of hydrogen-bond acceptors (Lipinski definition) is 5. The minimum atomic E-state index is -0.765. The third kappa shape index (κ3) is 3.52. The van der Waals surface area contributed by atoms with Gasteiger partial charge in [0.15, 0.2) is 11.4 Å². The first-order valence-electron chi connectivity index (χ1n) is 7.53. The summed E-state index contributed by atoms with van der Waals surface area (Å²) in [5.74, 6) is -1.65. The number of nitrogens with zero attached hydrogens (tertiary/aromatic N) is 3. The van der Waals surface area contributed by atoms with Crippen molar-refractivity contribution in [1.29, 1.82) is 5.26 Å². The van der Waals surface area contributed by atoms with E-state index in [0.29, 0.717) is 11.3 Å². The molecule has 1 aromatic heterocycles. The number of carbonyl (C=O) groups excluding carboxylic acids is 2. The molecule has 0 aliphatic rings. The van der Waals surface area contributed by atoms with E-state index in [9.17, 15) is 14.7 Å². The topological polar surface area (TPSA) is 120 Å². The zero-order valence-electron chi connectivity index (χ0n) is 13.4. The molecule has 1 heterocycles. The molecular formula is C18H13N5O3. The molecule has 8 nitrogen and oxygen atoms in total. The van der Waals surface area contributed by atoms with Crippen LogP contribution in [0.25, 0.3) is 5.69 Å². The number of hydrogen-bond donors (Lipinski definition) is 3. The Kier molecular flexibility index (Phi) is 4.63. The normalized spacial score (nSPS) is 9.96. The second-order valence-electron chi connectivity index (χ2n) is 5.24. The zero-order valence-corrected chi connectivity index (χ0v) is 13.4. The number of aromatic nitrogens is 2. The van der Waals surface area contributed by atoms with E-state index in [2.05, 4.69) is 16.0 Å². The Hall–Kier alpha value is -4.12. The first-order chi connectivity index (χ1) is 12.6. The third-order valence-corrected chi connectivity index (χ3v) is 3.50. The lowest BCUT2D eigenvalue weighted by Gasteiger charge is -2.06. The minimum Gasteiger partial charge on any atom is -0.504 e. The van der Waals surface area contributed by atoms with Gasteiger partial charge in [-0.05, 0) is 36.4 Å². The monoisotopic (exact) mass is 347 g/mol. The van der Waals surface area contributed by atoms with Crippen LogP contribution in [-0.4, -0.2) is 26.7 Å². The second kappa shape index (κ2) is 7.19. The fourth-order valence-corrected chi connectivity index (χ4v) is 2.18. The van der Waals surface area contributed by atoms with E-state index in [1.807, 2.05) is 12.1 Å². The molecular weight excluding hydrogens is 334 g/mol. The van der Waals surface area contributed by atoms with Gasteiger partial charge in [-0.1, -0.05) is 18.2 Å². The zero-order chi connectivity index (χ0) is 18.5. The highest BCUT2D eigenvalue weighted by molar-refractivity contribution is 5.99. The van der Waals surface area contributed by atoms with Gasteiger partial charge in [0, 0.05) is 5.56 Å². The van der Waals surface area contributed by atoms with Crippen LogP contribution < -0.4 is 10.9 Å². The molecule has 0 bridgehead atoms. The lowest BCUT2D eigenvalue weighted by Crippen LogP contribution is -2.41. The van der Waals surface area contributed by atoms with Crippen molar-refractivity contribution in [2.24, 2.45) is 0 Å². The summed E-state index contributed by atoms with van der Waals surface area (Å²) in [7, 11) is 0. The van der Waals surface area contributed by atoms with Crippen LogP contribution in [0.3, 0.4) is 0 Å². The highest BCUT2D eigenvalue weighted by Crippen LogP contribution is 2.17. The van der Waals surface area contributed by atoms with E-state index in [0.717, 1.165) is 0 Å². The number of aromatic hydroxyl groups is 1. The number of carbonyl (C=O) groups is 2. The molecule has 0 aliphatic carbocycles. The SMILES string of the molecule is N#Cc1ccc(C(=O)NNC(=O)c2nn(-c3ccccc3)cc2O)cc1. The number of nitrogens with one attached hydrogen (secondary N) is 2. The standard InChI is InChI=1S/C18H13N5O3/c19-10-12-6-8-13(9-7-12)17(25)20-21-18(26)16-15(24)11-23(22-16)14-4-2-1-3-5-14/h1-9,11,24H,(H,20,25)(H,21,26). The largest absolute Gasteiger partial charge is 0.504 e. The maximum atomic E-state index is 12.1. The molecule has 0 atom stereocenters. The Morgan fingerprint density at radius 1 is 1.00 bits per heavy atom. The van der Waals surface area contributed by atoms with Crippen LogP contribution in [-0.2, 0) is 0 Å². The van der Waals surface area contributed by atoms with E-state index in [4.69, 9.17) is 5.26 Å². The molecule has 2 aromatic carbocycles. The summed E-state index contributed by atoms with van der Waals surface area (Å²) in [6, 6.07) is 16.8. The molecule has 0 radical (unpaired) electrons. The number of amides is 2. The van der Waals surface area contributed by atoms with Crippen LogP contribution in [0.5, 0.6) is 5.75 Å². The van der Waals surface area contributed by atoms with Gasteiger partial charge >= 0.3 is 0 Å². The molecule has 3 aromatic rings. The van der Waals surface area contributed by atoms with E-state index >= 15 is 0 Å². The van der Waals surface area contributed by atoms with Crippen LogP contribution in [0.2, 0.25) is 0 Å². The summed E-state index contributed by atoms with van der Waals surface area (Å²) in [5, 5.41) is 22.7. The van der Waals surface area contributed by atoms with Crippen LogP contribution in [0.4, 0.5) is 0 Å². The second-order valence-corrected chi connectivity index (χ2v) is 5.24. The van der Waals surface area contributed by atoms with E-state index in [1.165, 1.54) is 35.1 Å². The fourth-order valence-electron chi connectivity index (χ4n) is 2.18. The lowest BCUT2D eigenvalue weighted by atomic mass is 10.1. The van der Waals surface area contributed by atoms with Crippen LogP contribution in [0.15, 0.2) is 60.8 Å². The lowest BCUT2D eigenvalue weighted by molar-refractivity contribution is 0.0842. The van der Waals surface area contributed by atoms with E-state index in [1.54, 1.807) is 24.3 Å². The van der Waals surface area contributed by atoms with Gasteiger partial charge in [0.05, 0.1) is 23.5 Å². The smallest absolute Gasteiger partial charge is 0.294 e. The van der Waals surface area contributed by atoms with Crippen LogP contribution in [0, 0.1) is 11.3 Å². The number of para-hydroxylation sites is 1. The Bertz CT molecular complexity index is 988. The summed E-state index contributed by atoms with van der Waals surface area (Å²) in [4.78, 5) is 24.1. The summed E-state index contributed by atoms with van der Waals surface area (Å²) in [6.45, 7) is 0. The van der Waals surface area contributed by atoms with Gasteiger partial charge in [0.25, 0.3) is 11.8 Å². The maximum absolute atomic E-state index is 12.1. The first kappa shape index (κ1) is 16.7. The average Bonchev–Trinajstić information content (AvgIpc) is 3.08. The van der Waals surface area contributed by atoms with Crippen molar-refractivity contribution in [1.82, 2.24) is 20.6 Å². The van der Waals surface area contributed by atoms with Crippen LogP contribution >= 0.6 is 0 Å². The van der Waals surface area contributed by atoms with Crippen molar-refractivity contribution >= 4 is 11.8 Å². The number of benzene rings is 2. The number of rotatable bonds is 3. The summed E-state index contributed by atoms with van der Waals surface area (Å²) in [6.07, 6.45) is 1.30. The van der Waals surface area contributed by atoms with Gasteiger partial charge in [-0.25, -0.2) is 4.68 Å². The third-order valence-electron chi connectivity index (χ3n) is 3.50. The summed E-state index contributed by atoms with van der Waals surface area (Å²) < 4.78 is 1.35. The predicted molar refractivity (Wildman–Crippen MR) is 91.3 cm³/mol. The van der Waals surface area contributed by atoms with Crippen molar-refractivity contribution in [3.05, 3.63) is 77.6 Å². The average molecular weight is 347 g/mol. The van der Waals surface area contributed by atoms with Crippen LogP contribution in [0.1, 0.15) is 26.4 Å². The highest BCUT2D eigenvalue weighted by Gasteiger charge is 2.18. The fraction of sp³-hybridized carbons (Fsp3) is 0. The minimum absolute atomic E-state index is 0.228. The predicted octanol–water partition coefficient (Wildman–Crippen LogP) is 1.52. The molecule has 3 N–H and O–H groups in total. The molecule has 128 valence electrons. The molecule has 26 heavy (non-hydrogen) atoms. The van der Waals surface area contributed by atoms with Gasteiger partial charge in [-0.3, -0.25) is 20.4 Å². The number of nitriles is 1. The highest BCUT2D eigenvalue weighted by atomic mass is 16.3. The molecule has 0 spiro atoms. The molecule has 8 heteroatoms. The maximum Gasteiger partial charge on any atom is 0.294 e. The van der Waals surface area contributed by atoms with Crippen molar-refractivity contribution in [2.75, 3.05) is 0 Å². The molecule has 0 aliphatic heterocycles. The Labute approximate surface area is 148 Å². The molecule has 0 unspecified atom stereocenters. The van der Waals surface area contributed by atoms with Gasteiger partial charge in [-0.2, -0.15) is 10.4 Å². The Morgan fingerprint density at radius 2 is 1.65 bits per heavy atom. The molecule has 0 saturated carbocycles. The van der Waals surface area contributed by atoms with Gasteiger partial charge in [0.1, 0.15) is 0 Å². The van der Waals surface area contributed by atoms with Crippen molar-refractivity contribution < 1.29 is 14.7 Å². The number of hydrazine groups is 1. The van der Waals surface area contributed by atoms with Crippen molar-refractivity contribution in [2.45, 2.75) is 0 Å². The van der Waals surface area contributed by atoms with Crippen molar-refractivity contribution in [3.8, 4) is 17.5 Å². The molecule has 2 amide bonds. The van der Waals surface area contributed by atoms with E-state index in [-0.39, 0.29) is 17.0 Å². The Balaban J connectivity index is 1.67. The first-order valence-corrected chi connectivity index (χ1v) is 7.53. The van der Waals surface area contributed by atoms with Gasteiger partial charge in [-0.15, -0.1) is 0 Å². The molecule has 0 fully saturated rings. The quantitative estimate of drug-likeness (QED) is 0.621. The van der Waals surface area contributed by atoms with Crippen molar-refractivity contribution in [3.63, 3.8) is 0 Å². The summed E-state index contributed by atoms with van der Waals surface area (Å²) in [5.41, 5.74) is 5.55. The van der Waals surface area contributed by atoms with E-state index < -0.39 is 11.8 Å². The Morgan fingerprint density at radius 3 is 2.31 bits per heavy atom. The van der Waals surface area contributed by atoms with Gasteiger partial charge < -0.3 is 5.11 Å². The molecule has 0 saturated heterocycles.